The summed E-state index contributed by atoms with van der Waals surface area (Å²) in [6.07, 6.45) is 8.78. The fraction of sp³-hybridized carbons (Fsp3) is 0.615. The van der Waals surface area contributed by atoms with Crippen LogP contribution in [0.5, 0.6) is 5.75 Å². The molecule has 4 rings (SSSR count). The van der Waals surface area contributed by atoms with Gasteiger partial charge in [-0.3, -0.25) is 19.4 Å². The molecule has 3 amide bonds. The fourth-order valence-electron chi connectivity index (χ4n) is 6.51. The number of likely N-dealkylation sites (tertiary alicyclic amines) is 2. The molecule has 11 nitrogen and oxygen atoms in total. The maximum Gasteiger partial charge on any atom is 0.410 e. The van der Waals surface area contributed by atoms with Gasteiger partial charge in [0.1, 0.15) is 17.0 Å². The Bertz CT molecular complexity index is 1460. The van der Waals surface area contributed by atoms with E-state index >= 15 is 0 Å². The van der Waals surface area contributed by atoms with Crippen LogP contribution in [0.25, 0.3) is 0 Å². The molecule has 3 heterocycles. The van der Waals surface area contributed by atoms with Gasteiger partial charge in [-0.25, -0.2) is 4.79 Å². The molecule has 11 heteroatoms. The topological polar surface area (TPSA) is 138 Å². The van der Waals surface area contributed by atoms with E-state index in [1.165, 1.54) is 0 Å². The van der Waals surface area contributed by atoms with E-state index in [4.69, 9.17) is 9.47 Å². The minimum Gasteiger partial charge on any atom is -0.508 e. The number of aromatic nitrogens is 1. The van der Waals surface area contributed by atoms with Crippen LogP contribution in [-0.4, -0.2) is 81.1 Å². The van der Waals surface area contributed by atoms with Crippen molar-refractivity contribution >= 4 is 23.9 Å². The Kier molecular flexibility index (Phi) is 13.3. The van der Waals surface area contributed by atoms with Gasteiger partial charge in [0.25, 0.3) is 0 Å². The highest BCUT2D eigenvalue weighted by Gasteiger charge is 2.32. The highest BCUT2D eigenvalue weighted by Crippen LogP contribution is 2.27. The number of ether oxygens (including phenoxy) is 2. The molecular weight excluding hydrogens is 636 g/mol. The highest BCUT2D eigenvalue weighted by atomic mass is 16.6. The van der Waals surface area contributed by atoms with Crippen molar-refractivity contribution in [2.24, 2.45) is 11.8 Å². The molecule has 2 atom stereocenters. The van der Waals surface area contributed by atoms with Crippen LogP contribution in [0.3, 0.4) is 0 Å². The zero-order chi connectivity index (χ0) is 36.5. The van der Waals surface area contributed by atoms with Crippen LogP contribution < -0.4 is 5.32 Å². The molecule has 0 saturated carbocycles. The number of carbonyl (C=O) groups is 4. The maximum absolute atomic E-state index is 13.7. The third-order valence-electron chi connectivity index (χ3n) is 9.14. The standard InChI is InChI=1S/C39H56N4O7/c1-38(2,3)49-35(46)23-33(31-22-29(24-40-25-31)10-9-27-11-14-32(44)15-12-27)41-36(47)30-8-7-19-43(26-30)34(45)16-13-28-17-20-42(21-18-28)37(48)50-39(4,5)6/h11-12,14-15,22,24-25,28,30,33,44H,7-10,13,16-21,23,26H2,1-6H3,(H,41,47)/t30-,33?/m1/s1. The first-order chi connectivity index (χ1) is 23.5. The molecule has 50 heavy (non-hydrogen) atoms. The van der Waals surface area contributed by atoms with Crippen molar-refractivity contribution in [1.29, 1.82) is 0 Å². The molecule has 274 valence electrons. The molecule has 2 aliphatic rings. The van der Waals surface area contributed by atoms with Crippen molar-refractivity contribution in [3.8, 4) is 5.75 Å². The zero-order valence-electron chi connectivity index (χ0n) is 30.7. The number of amides is 3. The lowest BCUT2D eigenvalue weighted by Gasteiger charge is -2.35. The number of rotatable bonds is 11. The average molecular weight is 693 g/mol. The van der Waals surface area contributed by atoms with Gasteiger partial charge in [0.05, 0.1) is 18.4 Å². The Balaban J connectivity index is 1.33. The van der Waals surface area contributed by atoms with Crippen LogP contribution in [0.1, 0.15) is 109 Å². The predicted molar refractivity (Wildman–Crippen MR) is 190 cm³/mol. The molecular formula is C39H56N4O7. The predicted octanol–water partition coefficient (Wildman–Crippen LogP) is 6.13. The van der Waals surface area contributed by atoms with E-state index in [0.29, 0.717) is 56.9 Å². The third-order valence-corrected chi connectivity index (χ3v) is 9.14. The second-order valence-electron chi connectivity index (χ2n) is 15.8. The van der Waals surface area contributed by atoms with E-state index in [-0.39, 0.29) is 30.1 Å². The number of hydrogen-bond acceptors (Lipinski definition) is 8. The lowest BCUT2D eigenvalue weighted by atomic mass is 9.91. The number of aromatic hydroxyl groups is 1. The molecule has 1 aromatic carbocycles. The zero-order valence-corrected chi connectivity index (χ0v) is 30.7. The minimum atomic E-state index is -0.671. The smallest absolute Gasteiger partial charge is 0.410 e. The van der Waals surface area contributed by atoms with E-state index in [1.54, 1.807) is 34.3 Å². The van der Waals surface area contributed by atoms with Gasteiger partial charge >= 0.3 is 12.1 Å². The summed E-state index contributed by atoms with van der Waals surface area (Å²) in [5.41, 5.74) is 1.56. The number of benzene rings is 1. The Hall–Kier alpha value is -4.15. The summed E-state index contributed by atoms with van der Waals surface area (Å²) < 4.78 is 11.1. The maximum atomic E-state index is 13.7. The van der Waals surface area contributed by atoms with Gasteiger partial charge in [0.2, 0.25) is 11.8 Å². The number of piperidine rings is 2. The third kappa shape index (κ3) is 12.6. The average Bonchev–Trinajstić information content (AvgIpc) is 3.05. The normalized spacial score (nSPS) is 17.9. The van der Waals surface area contributed by atoms with Crippen LogP contribution >= 0.6 is 0 Å². The number of aryl methyl sites for hydroxylation is 2. The first-order valence-electron chi connectivity index (χ1n) is 18.0. The Morgan fingerprint density at radius 2 is 1.54 bits per heavy atom. The largest absolute Gasteiger partial charge is 0.508 e. The molecule has 2 saturated heterocycles. The number of esters is 1. The van der Waals surface area contributed by atoms with Crippen molar-refractivity contribution < 1.29 is 33.8 Å². The van der Waals surface area contributed by atoms with Crippen LogP contribution in [0.15, 0.2) is 42.7 Å². The van der Waals surface area contributed by atoms with Crippen LogP contribution in [0.4, 0.5) is 4.79 Å². The first kappa shape index (κ1) is 38.6. The molecule has 0 aliphatic carbocycles. The van der Waals surface area contributed by atoms with E-state index in [2.05, 4.69) is 10.3 Å². The van der Waals surface area contributed by atoms with Gasteiger partial charge < -0.3 is 29.7 Å². The SMILES string of the molecule is CC(C)(C)OC(=O)CC(NC(=O)[C@@H]1CCCN(C(=O)CCC2CCN(C(=O)OC(C)(C)C)CC2)C1)c1cncc(CCc2ccc(O)cc2)c1. The number of carbonyl (C=O) groups excluding carboxylic acids is 4. The molecule has 0 radical (unpaired) electrons. The molecule has 0 bridgehead atoms. The molecule has 2 aliphatic heterocycles. The molecule has 0 spiro atoms. The summed E-state index contributed by atoms with van der Waals surface area (Å²) in [7, 11) is 0. The summed E-state index contributed by atoms with van der Waals surface area (Å²) >= 11 is 0. The van der Waals surface area contributed by atoms with Crippen LogP contribution in [-0.2, 0) is 36.7 Å². The molecule has 1 aromatic heterocycles. The second kappa shape index (κ2) is 17.2. The van der Waals surface area contributed by atoms with Gasteiger partial charge in [0, 0.05) is 45.0 Å². The monoisotopic (exact) mass is 692 g/mol. The number of phenols is 1. The van der Waals surface area contributed by atoms with Gasteiger partial charge in [-0.1, -0.05) is 18.2 Å². The molecule has 2 fully saturated rings. The van der Waals surface area contributed by atoms with Gasteiger partial charge in [0.15, 0.2) is 0 Å². The summed E-state index contributed by atoms with van der Waals surface area (Å²) in [5.74, 6) is -0.377. The minimum absolute atomic E-state index is 0.0474. The summed E-state index contributed by atoms with van der Waals surface area (Å²) in [4.78, 5) is 60.4. The summed E-state index contributed by atoms with van der Waals surface area (Å²) in [6, 6.07) is 8.42. The summed E-state index contributed by atoms with van der Waals surface area (Å²) in [6.45, 7) is 13.2. The summed E-state index contributed by atoms with van der Waals surface area (Å²) in [5, 5.41) is 12.7. The highest BCUT2D eigenvalue weighted by molar-refractivity contribution is 5.82. The van der Waals surface area contributed by atoms with Crippen molar-refractivity contribution in [2.45, 2.75) is 117 Å². The number of nitrogens with zero attached hydrogens (tertiary/aromatic N) is 3. The lowest BCUT2D eigenvalue weighted by Crippen LogP contribution is -2.46. The quantitative estimate of drug-likeness (QED) is 0.269. The van der Waals surface area contributed by atoms with Crippen molar-refractivity contribution in [1.82, 2.24) is 20.1 Å². The van der Waals surface area contributed by atoms with Crippen LogP contribution in [0.2, 0.25) is 0 Å². The van der Waals surface area contributed by atoms with Gasteiger partial charge in [-0.05, 0) is 121 Å². The lowest BCUT2D eigenvalue weighted by molar-refractivity contribution is -0.155. The van der Waals surface area contributed by atoms with E-state index in [9.17, 15) is 24.3 Å². The molecule has 2 N–H and O–H groups in total. The first-order valence-corrected chi connectivity index (χ1v) is 18.0. The number of nitrogens with one attached hydrogen (secondary N) is 1. The fourth-order valence-corrected chi connectivity index (χ4v) is 6.51. The van der Waals surface area contributed by atoms with E-state index in [0.717, 1.165) is 43.2 Å². The van der Waals surface area contributed by atoms with E-state index < -0.39 is 29.1 Å². The molecule has 1 unspecified atom stereocenters. The Morgan fingerprint density at radius 3 is 2.20 bits per heavy atom. The molecule has 2 aromatic rings. The second-order valence-corrected chi connectivity index (χ2v) is 15.8. The number of pyridine rings is 1. The van der Waals surface area contributed by atoms with Crippen LogP contribution in [0, 0.1) is 11.8 Å². The number of phenolic OH excluding ortho intramolecular Hbond substituents is 1. The van der Waals surface area contributed by atoms with Gasteiger partial charge in [-0.15, -0.1) is 0 Å². The van der Waals surface area contributed by atoms with Crippen molar-refractivity contribution in [3.63, 3.8) is 0 Å². The van der Waals surface area contributed by atoms with Gasteiger partial charge in [-0.2, -0.15) is 0 Å². The van der Waals surface area contributed by atoms with E-state index in [1.807, 2.05) is 59.7 Å². The van der Waals surface area contributed by atoms with Crippen molar-refractivity contribution in [3.05, 3.63) is 59.4 Å². The Labute approximate surface area is 297 Å². The number of hydrogen-bond donors (Lipinski definition) is 2. The van der Waals surface area contributed by atoms with Crippen molar-refractivity contribution in [2.75, 3.05) is 26.2 Å². The Morgan fingerprint density at radius 1 is 0.880 bits per heavy atom.